The van der Waals surface area contributed by atoms with Crippen molar-refractivity contribution in [2.75, 3.05) is 47.4 Å². The average Bonchev–Trinajstić information content (AvgIpc) is 2.79. The molecule has 0 radical (unpaired) electrons. The minimum absolute atomic E-state index is 0.193. The van der Waals surface area contributed by atoms with Gasteiger partial charge in [-0.1, -0.05) is 24.3 Å². The Kier molecular flexibility index (Phi) is 4.76. The Balaban J connectivity index is 1.27. The van der Waals surface area contributed by atoms with Crippen LogP contribution in [0.4, 0.5) is 21.8 Å². The Bertz CT molecular complexity index is 983. The lowest BCUT2D eigenvalue weighted by Gasteiger charge is -2.37. The highest BCUT2D eigenvalue weighted by molar-refractivity contribution is 5.51. The monoisotopic (exact) mass is 389 g/mol. The standard InChI is InChI=1S/C23H24FN5/c24-20-5-7-21(8-6-20)27-13-15-28(16-14-27)22-9-11-25-23(26-22)29-12-10-18-3-1-2-4-19(18)17-29/h1-9,11H,10,12-17H2. The van der Waals surface area contributed by atoms with E-state index in [0.717, 1.165) is 63.1 Å². The molecule has 0 spiro atoms. The molecule has 5 rings (SSSR count). The number of nitrogens with zero attached hydrogens (tertiary/aromatic N) is 5. The molecule has 1 saturated heterocycles. The van der Waals surface area contributed by atoms with E-state index in [9.17, 15) is 4.39 Å². The molecule has 3 heterocycles. The van der Waals surface area contributed by atoms with Crippen LogP contribution in [0.15, 0.2) is 60.8 Å². The third-order valence-electron chi connectivity index (χ3n) is 5.84. The maximum absolute atomic E-state index is 13.2. The van der Waals surface area contributed by atoms with E-state index in [1.165, 1.54) is 23.3 Å². The summed E-state index contributed by atoms with van der Waals surface area (Å²) in [4.78, 5) is 16.3. The second kappa shape index (κ2) is 7.70. The summed E-state index contributed by atoms with van der Waals surface area (Å²) in [6, 6.07) is 17.4. The van der Waals surface area contributed by atoms with Crippen molar-refractivity contribution in [3.8, 4) is 0 Å². The molecule has 0 aliphatic carbocycles. The molecule has 2 aliphatic rings. The first-order valence-corrected chi connectivity index (χ1v) is 10.2. The van der Waals surface area contributed by atoms with Crippen LogP contribution in [0.3, 0.4) is 0 Å². The maximum atomic E-state index is 13.2. The maximum Gasteiger partial charge on any atom is 0.227 e. The van der Waals surface area contributed by atoms with Crippen molar-refractivity contribution < 1.29 is 4.39 Å². The number of benzene rings is 2. The fourth-order valence-electron chi connectivity index (χ4n) is 4.18. The number of halogens is 1. The van der Waals surface area contributed by atoms with Crippen LogP contribution in [0.2, 0.25) is 0 Å². The highest BCUT2D eigenvalue weighted by Gasteiger charge is 2.21. The molecule has 5 nitrogen and oxygen atoms in total. The van der Waals surface area contributed by atoms with Crippen molar-refractivity contribution >= 4 is 17.5 Å². The van der Waals surface area contributed by atoms with Crippen molar-refractivity contribution in [2.45, 2.75) is 13.0 Å². The van der Waals surface area contributed by atoms with E-state index in [0.29, 0.717) is 0 Å². The molecule has 6 heteroatoms. The molecule has 148 valence electrons. The Morgan fingerprint density at radius 1 is 0.724 bits per heavy atom. The van der Waals surface area contributed by atoms with Gasteiger partial charge in [-0.3, -0.25) is 0 Å². The van der Waals surface area contributed by atoms with Crippen molar-refractivity contribution in [1.82, 2.24) is 9.97 Å². The molecular formula is C23H24FN5. The predicted octanol–water partition coefficient (Wildman–Crippen LogP) is 3.51. The number of hydrogen-bond donors (Lipinski definition) is 0. The molecule has 1 fully saturated rings. The Morgan fingerprint density at radius 2 is 1.45 bits per heavy atom. The van der Waals surface area contributed by atoms with Gasteiger partial charge in [-0.2, -0.15) is 4.98 Å². The van der Waals surface area contributed by atoms with E-state index in [4.69, 9.17) is 4.98 Å². The van der Waals surface area contributed by atoms with Gasteiger partial charge in [-0.15, -0.1) is 0 Å². The van der Waals surface area contributed by atoms with Crippen LogP contribution >= 0.6 is 0 Å². The molecule has 0 atom stereocenters. The summed E-state index contributed by atoms with van der Waals surface area (Å²) >= 11 is 0. The lowest BCUT2D eigenvalue weighted by Crippen LogP contribution is -2.47. The molecule has 0 amide bonds. The van der Waals surface area contributed by atoms with E-state index < -0.39 is 0 Å². The van der Waals surface area contributed by atoms with Crippen LogP contribution in [0, 0.1) is 5.82 Å². The molecule has 1 aromatic heterocycles. The van der Waals surface area contributed by atoms with Gasteiger partial charge in [0, 0.05) is 51.2 Å². The van der Waals surface area contributed by atoms with Crippen LogP contribution in [0.5, 0.6) is 0 Å². The Labute approximate surface area is 170 Å². The molecule has 0 bridgehead atoms. The lowest BCUT2D eigenvalue weighted by molar-refractivity contribution is 0.624. The first-order valence-electron chi connectivity index (χ1n) is 10.2. The first kappa shape index (κ1) is 17.9. The van der Waals surface area contributed by atoms with E-state index in [-0.39, 0.29) is 5.82 Å². The Morgan fingerprint density at radius 3 is 2.24 bits per heavy atom. The quantitative estimate of drug-likeness (QED) is 0.685. The highest BCUT2D eigenvalue weighted by atomic mass is 19.1. The van der Waals surface area contributed by atoms with Crippen LogP contribution in [-0.4, -0.2) is 42.7 Å². The van der Waals surface area contributed by atoms with Gasteiger partial charge >= 0.3 is 0 Å². The van der Waals surface area contributed by atoms with Gasteiger partial charge < -0.3 is 14.7 Å². The van der Waals surface area contributed by atoms with Gasteiger partial charge in [0.05, 0.1) is 0 Å². The number of rotatable bonds is 3. The van der Waals surface area contributed by atoms with Gasteiger partial charge in [0.25, 0.3) is 0 Å². The fourth-order valence-corrected chi connectivity index (χ4v) is 4.18. The van der Waals surface area contributed by atoms with E-state index in [1.54, 1.807) is 0 Å². The van der Waals surface area contributed by atoms with Gasteiger partial charge in [0.1, 0.15) is 11.6 Å². The van der Waals surface area contributed by atoms with Crippen LogP contribution in [0.25, 0.3) is 0 Å². The number of fused-ring (bicyclic) bond motifs is 1. The van der Waals surface area contributed by atoms with E-state index in [1.807, 2.05) is 24.4 Å². The summed E-state index contributed by atoms with van der Waals surface area (Å²) in [5, 5.41) is 0. The molecular weight excluding hydrogens is 365 g/mol. The highest BCUT2D eigenvalue weighted by Crippen LogP contribution is 2.24. The largest absolute Gasteiger partial charge is 0.368 e. The molecule has 0 saturated carbocycles. The molecule has 3 aromatic rings. The zero-order valence-corrected chi connectivity index (χ0v) is 16.3. The molecule has 0 N–H and O–H groups in total. The normalized spacial score (nSPS) is 16.7. The summed E-state index contributed by atoms with van der Waals surface area (Å²) in [6.07, 6.45) is 2.89. The molecule has 29 heavy (non-hydrogen) atoms. The van der Waals surface area contributed by atoms with Crippen LogP contribution in [0.1, 0.15) is 11.1 Å². The van der Waals surface area contributed by atoms with Crippen LogP contribution < -0.4 is 14.7 Å². The molecule has 0 unspecified atom stereocenters. The van der Waals surface area contributed by atoms with Gasteiger partial charge in [-0.05, 0) is 47.9 Å². The SMILES string of the molecule is Fc1ccc(N2CCN(c3ccnc(N4CCc5ccccc5C4)n3)CC2)cc1. The van der Waals surface area contributed by atoms with E-state index >= 15 is 0 Å². The van der Waals surface area contributed by atoms with Crippen molar-refractivity contribution in [1.29, 1.82) is 0 Å². The number of piperazine rings is 1. The third-order valence-corrected chi connectivity index (χ3v) is 5.84. The number of hydrogen-bond acceptors (Lipinski definition) is 5. The van der Waals surface area contributed by atoms with E-state index in [2.05, 4.69) is 43.9 Å². The Hall–Kier alpha value is -3.15. The zero-order valence-electron chi connectivity index (χ0n) is 16.3. The topological polar surface area (TPSA) is 35.5 Å². The summed E-state index contributed by atoms with van der Waals surface area (Å²) in [7, 11) is 0. The first-order chi connectivity index (χ1) is 14.3. The average molecular weight is 389 g/mol. The summed E-state index contributed by atoms with van der Waals surface area (Å²) < 4.78 is 13.2. The lowest BCUT2D eigenvalue weighted by atomic mass is 10.0. The second-order valence-electron chi connectivity index (χ2n) is 7.61. The predicted molar refractivity (Wildman–Crippen MR) is 114 cm³/mol. The van der Waals surface area contributed by atoms with Gasteiger partial charge in [0.2, 0.25) is 5.95 Å². The summed E-state index contributed by atoms with van der Waals surface area (Å²) in [6.45, 7) is 5.36. The second-order valence-corrected chi connectivity index (χ2v) is 7.61. The van der Waals surface area contributed by atoms with Crippen LogP contribution in [-0.2, 0) is 13.0 Å². The molecule has 2 aliphatic heterocycles. The zero-order chi connectivity index (χ0) is 19.6. The van der Waals surface area contributed by atoms with Crippen molar-refractivity contribution in [2.24, 2.45) is 0 Å². The fraction of sp³-hybridized carbons (Fsp3) is 0.304. The van der Waals surface area contributed by atoms with Gasteiger partial charge in [0.15, 0.2) is 0 Å². The number of anilines is 3. The summed E-state index contributed by atoms with van der Waals surface area (Å²) in [5.41, 5.74) is 3.86. The molecule has 2 aromatic carbocycles. The van der Waals surface area contributed by atoms with Crippen molar-refractivity contribution in [3.63, 3.8) is 0 Å². The minimum atomic E-state index is -0.193. The number of aromatic nitrogens is 2. The van der Waals surface area contributed by atoms with Gasteiger partial charge in [-0.25, -0.2) is 9.37 Å². The van der Waals surface area contributed by atoms with Crippen molar-refractivity contribution in [3.05, 3.63) is 77.7 Å². The minimum Gasteiger partial charge on any atom is -0.368 e. The third kappa shape index (κ3) is 3.75. The smallest absolute Gasteiger partial charge is 0.227 e. The summed E-state index contributed by atoms with van der Waals surface area (Å²) in [5.74, 6) is 1.59.